The number of amides is 2. The highest BCUT2D eigenvalue weighted by Gasteiger charge is 2.38. The molecule has 31 heavy (non-hydrogen) atoms. The number of hydrogen-bond acceptors (Lipinski definition) is 4. The number of rotatable bonds is 6. The van der Waals surface area contributed by atoms with Gasteiger partial charge in [0.05, 0.1) is 18.2 Å². The molecule has 2 aliphatic carbocycles. The van der Waals surface area contributed by atoms with E-state index < -0.39 is 0 Å². The molecule has 1 aliphatic heterocycles. The third kappa shape index (κ3) is 4.56. The summed E-state index contributed by atoms with van der Waals surface area (Å²) in [4.78, 5) is 17.3. The predicted octanol–water partition coefficient (Wildman–Crippen LogP) is 4.62. The van der Waals surface area contributed by atoms with Crippen LogP contribution in [0.15, 0.2) is 40.8 Å². The first kappa shape index (κ1) is 20.0. The summed E-state index contributed by atoms with van der Waals surface area (Å²) in [7, 11) is 0. The smallest absolute Gasteiger partial charge is 0.318 e. The van der Waals surface area contributed by atoms with Gasteiger partial charge in [-0.1, -0.05) is 6.92 Å². The van der Waals surface area contributed by atoms with Crippen molar-refractivity contribution in [3.05, 3.63) is 53.5 Å². The molecule has 3 aliphatic rings. The number of nitrogens with zero attached hydrogens (tertiary/aromatic N) is 3. The largest absolute Gasteiger partial charge is 0.464 e. The van der Waals surface area contributed by atoms with Gasteiger partial charge in [0.15, 0.2) is 0 Å². The topological polar surface area (TPSA) is 72.5 Å². The summed E-state index contributed by atoms with van der Waals surface area (Å²) in [6.45, 7) is 4.62. The van der Waals surface area contributed by atoms with E-state index >= 15 is 0 Å². The van der Waals surface area contributed by atoms with Gasteiger partial charge >= 0.3 is 6.03 Å². The molecule has 1 N–H and O–H groups in total. The van der Waals surface area contributed by atoms with Gasteiger partial charge < -0.3 is 19.5 Å². The van der Waals surface area contributed by atoms with Crippen molar-refractivity contribution in [2.45, 2.75) is 63.6 Å². The van der Waals surface area contributed by atoms with Crippen molar-refractivity contribution in [2.75, 3.05) is 18.0 Å². The molecule has 2 atom stereocenters. The van der Waals surface area contributed by atoms with E-state index in [2.05, 4.69) is 29.3 Å². The predicted molar refractivity (Wildman–Crippen MR) is 119 cm³/mol. The van der Waals surface area contributed by atoms with Crippen molar-refractivity contribution < 1.29 is 9.21 Å². The second kappa shape index (κ2) is 8.30. The summed E-state index contributed by atoms with van der Waals surface area (Å²) in [6.07, 6.45) is 5.22. The molecular formula is C25H30N4O2. The molecule has 5 rings (SSSR count). The van der Waals surface area contributed by atoms with E-state index in [4.69, 9.17) is 9.68 Å². The molecule has 3 fully saturated rings. The first-order chi connectivity index (χ1) is 15.1. The van der Waals surface area contributed by atoms with Crippen molar-refractivity contribution >= 4 is 11.7 Å². The highest BCUT2D eigenvalue weighted by atomic mass is 16.3. The van der Waals surface area contributed by atoms with Crippen LogP contribution in [0.25, 0.3) is 0 Å². The Morgan fingerprint density at radius 2 is 1.87 bits per heavy atom. The average molecular weight is 419 g/mol. The van der Waals surface area contributed by atoms with Gasteiger partial charge in [0.2, 0.25) is 0 Å². The lowest BCUT2D eigenvalue weighted by Crippen LogP contribution is -2.49. The van der Waals surface area contributed by atoms with Crippen LogP contribution in [-0.2, 0) is 6.54 Å². The molecule has 1 aromatic carbocycles. The maximum atomic E-state index is 13.1. The first-order valence-corrected chi connectivity index (χ1v) is 11.5. The van der Waals surface area contributed by atoms with Gasteiger partial charge in [-0.25, -0.2) is 4.79 Å². The Bertz CT molecular complexity index is 964. The van der Waals surface area contributed by atoms with E-state index in [9.17, 15) is 4.79 Å². The minimum absolute atomic E-state index is 0.0389. The fraction of sp³-hybridized carbons (Fsp3) is 0.520. The van der Waals surface area contributed by atoms with Gasteiger partial charge in [0.1, 0.15) is 11.5 Å². The van der Waals surface area contributed by atoms with Gasteiger partial charge in [-0.05, 0) is 74.4 Å². The summed E-state index contributed by atoms with van der Waals surface area (Å²) in [5, 5.41) is 12.2. The Labute approximate surface area is 183 Å². The molecule has 2 heterocycles. The molecule has 0 bridgehead atoms. The Morgan fingerprint density at radius 1 is 1.16 bits per heavy atom. The zero-order chi connectivity index (χ0) is 21.4. The van der Waals surface area contributed by atoms with Crippen molar-refractivity contribution in [1.82, 2.24) is 10.2 Å². The van der Waals surface area contributed by atoms with Crippen molar-refractivity contribution in [3.8, 4) is 6.07 Å². The van der Waals surface area contributed by atoms with Crippen LogP contribution in [-0.4, -0.2) is 36.1 Å². The van der Waals surface area contributed by atoms with E-state index in [0.29, 0.717) is 24.1 Å². The zero-order valence-electron chi connectivity index (χ0n) is 18.1. The number of furan rings is 1. The molecule has 1 saturated heterocycles. The number of urea groups is 1. The Balaban J connectivity index is 1.14. The second-order valence-corrected chi connectivity index (χ2v) is 9.35. The van der Waals surface area contributed by atoms with Crippen LogP contribution < -0.4 is 10.2 Å². The molecule has 162 valence electrons. The standard InChI is InChI=1S/C25H30N4O2/c1-17-14-23(17)24-9-8-22(31-24)16-29(21-6-7-21)25(30)27-19-10-12-28(13-11-19)20-4-2-18(15-26)3-5-20/h2-5,8-9,17,19,21,23H,6-7,10-14,16H2,1H3,(H,27,30). The number of carbonyl (C=O) groups excluding carboxylic acids is 1. The van der Waals surface area contributed by atoms with Crippen molar-refractivity contribution in [1.29, 1.82) is 5.26 Å². The second-order valence-electron chi connectivity index (χ2n) is 9.35. The van der Waals surface area contributed by atoms with E-state index in [-0.39, 0.29) is 12.1 Å². The van der Waals surface area contributed by atoms with Crippen molar-refractivity contribution in [2.24, 2.45) is 5.92 Å². The van der Waals surface area contributed by atoms with Crippen LogP contribution in [0, 0.1) is 17.2 Å². The van der Waals surface area contributed by atoms with Crippen LogP contribution in [0.1, 0.15) is 62.0 Å². The van der Waals surface area contributed by atoms with Crippen LogP contribution in [0.4, 0.5) is 10.5 Å². The molecule has 6 heteroatoms. The van der Waals surface area contributed by atoms with Crippen molar-refractivity contribution in [3.63, 3.8) is 0 Å². The lowest BCUT2D eigenvalue weighted by atomic mass is 10.0. The zero-order valence-corrected chi connectivity index (χ0v) is 18.1. The van der Waals surface area contributed by atoms with Gasteiger partial charge in [-0.15, -0.1) is 0 Å². The third-order valence-electron chi connectivity index (χ3n) is 6.92. The summed E-state index contributed by atoms with van der Waals surface area (Å²) >= 11 is 0. The molecule has 2 aromatic rings. The van der Waals surface area contributed by atoms with E-state index in [1.165, 1.54) is 6.42 Å². The highest BCUT2D eigenvalue weighted by Crippen LogP contribution is 2.47. The minimum Gasteiger partial charge on any atom is -0.464 e. The maximum Gasteiger partial charge on any atom is 0.318 e. The Hall–Kier alpha value is -2.94. The van der Waals surface area contributed by atoms with Crippen LogP contribution in [0.2, 0.25) is 0 Å². The van der Waals surface area contributed by atoms with Crippen LogP contribution >= 0.6 is 0 Å². The third-order valence-corrected chi connectivity index (χ3v) is 6.92. The number of nitriles is 1. The summed E-state index contributed by atoms with van der Waals surface area (Å²) in [6, 6.07) is 14.6. The average Bonchev–Trinajstić information content (AvgIpc) is 3.72. The number of benzene rings is 1. The number of piperidine rings is 1. The van der Waals surface area contributed by atoms with E-state index in [0.717, 1.165) is 61.9 Å². The normalized spacial score (nSPS) is 23.3. The highest BCUT2D eigenvalue weighted by molar-refractivity contribution is 5.75. The monoisotopic (exact) mass is 418 g/mol. The molecular weight excluding hydrogens is 388 g/mol. The molecule has 2 unspecified atom stereocenters. The summed E-state index contributed by atoms with van der Waals surface area (Å²) in [5.41, 5.74) is 1.82. The first-order valence-electron chi connectivity index (χ1n) is 11.5. The molecule has 0 radical (unpaired) electrons. The molecule has 2 amide bonds. The van der Waals surface area contributed by atoms with Gasteiger partial charge in [-0.3, -0.25) is 0 Å². The quantitative estimate of drug-likeness (QED) is 0.743. The van der Waals surface area contributed by atoms with Gasteiger partial charge in [0, 0.05) is 36.8 Å². The lowest BCUT2D eigenvalue weighted by Gasteiger charge is -2.35. The molecule has 6 nitrogen and oxygen atoms in total. The lowest BCUT2D eigenvalue weighted by molar-refractivity contribution is 0.180. The Morgan fingerprint density at radius 3 is 2.48 bits per heavy atom. The van der Waals surface area contributed by atoms with Gasteiger partial charge in [-0.2, -0.15) is 5.26 Å². The fourth-order valence-electron chi connectivity index (χ4n) is 4.60. The number of carbonyl (C=O) groups is 1. The number of hydrogen-bond donors (Lipinski definition) is 1. The van der Waals surface area contributed by atoms with Gasteiger partial charge in [0.25, 0.3) is 0 Å². The molecule has 1 aromatic heterocycles. The molecule has 2 saturated carbocycles. The summed E-state index contributed by atoms with van der Waals surface area (Å²) in [5.74, 6) is 3.26. The van der Waals surface area contributed by atoms with Crippen LogP contribution in [0.3, 0.4) is 0 Å². The SMILES string of the molecule is CC1CC1c1ccc(CN(C(=O)NC2CCN(c3ccc(C#N)cc3)CC2)C2CC2)o1. The maximum absolute atomic E-state index is 13.1. The van der Waals surface area contributed by atoms with Crippen LogP contribution in [0.5, 0.6) is 0 Å². The Kier molecular flexibility index (Phi) is 5.35. The van der Waals surface area contributed by atoms with E-state index in [1.807, 2.05) is 35.2 Å². The minimum atomic E-state index is 0.0389. The number of anilines is 1. The van der Waals surface area contributed by atoms with E-state index in [1.54, 1.807) is 0 Å². The summed E-state index contributed by atoms with van der Waals surface area (Å²) < 4.78 is 6.06. The fourth-order valence-corrected chi connectivity index (χ4v) is 4.60. The number of nitrogens with one attached hydrogen (secondary N) is 1. The molecule has 0 spiro atoms.